The van der Waals surface area contributed by atoms with Crippen molar-refractivity contribution in [1.82, 2.24) is 4.90 Å². The Hall–Kier alpha value is -3.03. The van der Waals surface area contributed by atoms with E-state index in [4.69, 9.17) is 14.2 Å². The van der Waals surface area contributed by atoms with Crippen LogP contribution >= 0.6 is 0 Å². The topological polar surface area (TPSA) is 30.9 Å². The Morgan fingerprint density at radius 3 is 2.37 bits per heavy atom. The molecule has 1 saturated heterocycles. The van der Waals surface area contributed by atoms with Gasteiger partial charge in [-0.05, 0) is 84.1 Å². The number of hydrogen-bond donors (Lipinski definition) is 0. The Morgan fingerprint density at radius 2 is 1.61 bits per heavy atom. The smallest absolute Gasteiger partial charge is 0.188 e. The molecule has 0 spiro atoms. The van der Waals surface area contributed by atoms with Crippen LogP contribution in [0.5, 0.6) is 5.75 Å². The number of likely N-dealkylation sites (tertiary alicyclic amines) is 1. The Labute approximate surface area is 245 Å². The van der Waals surface area contributed by atoms with Crippen LogP contribution < -0.4 is 4.74 Å². The zero-order valence-electron chi connectivity index (χ0n) is 24.7. The summed E-state index contributed by atoms with van der Waals surface area (Å²) in [5, 5.41) is 2.25. The van der Waals surface area contributed by atoms with Crippen molar-refractivity contribution in [3.8, 4) is 5.75 Å². The van der Waals surface area contributed by atoms with E-state index in [1.807, 2.05) is 24.3 Å². The third-order valence-electron chi connectivity index (χ3n) is 8.31. The summed E-state index contributed by atoms with van der Waals surface area (Å²) >= 11 is 0. The molecule has 1 heterocycles. The zero-order valence-corrected chi connectivity index (χ0v) is 25.7. The summed E-state index contributed by atoms with van der Waals surface area (Å²) in [6.07, 6.45) is 1.92. The van der Waals surface area contributed by atoms with Gasteiger partial charge in [-0.2, -0.15) is 0 Å². The lowest BCUT2D eigenvalue weighted by Gasteiger charge is -2.43. The monoisotopic (exact) mass is 571 g/mol. The van der Waals surface area contributed by atoms with E-state index in [1.165, 1.54) is 5.56 Å². The maximum atomic E-state index is 13.9. The first-order valence-electron chi connectivity index (χ1n) is 14.6. The lowest BCUT2D eigenvalue weighted by molar-refractivity contribution is -0.107. The second-order valence-electron chi connectivity index (χ2n) is 12.4. The number of piperidine rings is 1. The van der Waals surface area contributed by atoms with Crippen molar-refractivity contribution in [2.45, 2.75) is 63.9 Å². The molecule has 0 N–H and O–H groups in total. The fourth-order valence-electron chi connectivity index (χ4n) is 5.40. The van der Waals surface area contributed by atoms with Crippen LogP contribution in [0.25, 0.3) is 10.8 Å². The van der Waals surface area contributed by atoms with Crippen LogP contribution in [0.1, 0.15) is 36.5 Å². The Bertz CT molecular complexity index is 1420. The van der Waals surface area contributed by atoms with Gasteiger partial charge in [0.15, 0.2) is 6.79 Å². The summed E-state index contributed by atoms with van der Waals surface area (Å²) in [5.74, 6) is 0.580. The minimum atomic E-state index is -1.35. The number of halogens is 1. The van der Waals surface area contributed by atoms with Gasteiger partial charge in [-0.1, -0.05) is 80.3 Å². The average Bonchev–Trinajstić information content (AvgIpc) is 2.96. The fourth-order valence-corrected chi connectivity index (χ4v) is 5.97. The van der Waals surface area contributed by atoms with Crippen LogP contribution in [0.2, 0.25) is 19.6 Å². The van der Waals surface area contributed by atoms with Crippen molar-refractivity contribution in [2.24, 2.45) is 0 Å². The van der Waals surface area contributed by atoms with Gasteiger partial charge in [-0.3, -0.25) is 4.90 Å². The molecule has 4 nitrogen and oxygen atoms in total. The molecule has 6 heteroatoms. The fraction of sp³-hybridized carbons (Fsp3) is 0.371. The normalized spacial score (nSPS) is 18.9. The van der Waals surface area contributed by atoms with E-state index >= 15 is 0 Å². The number of benzene rings is 4. The molecule has 0 radical (unpaired) electrons. The van der Waals surface area contributed by atoms with Crippen LogP contribution in [0.15, 0.2) is 91.0 Å². The first-order chi connectivity index (χ1) is 19.7. The van der Waals surface area contributed by atoms with E-state index in [1.54, 1.807) is 12.1 Å². The first-order valence-corrected chi connectivity index (χ1v) is 18.2. The molecule has 5 rings (SSSR count). The van der Waals surface area contributed by atoms with Gasteiger partial charge in [0.2, 0.25) is 0 Å². The van der Waals surface area contributed by atoms with Gasteiger partial charge in [0.25, 0.3) is 0 Å². The SMILES string of the molecule is C[C@@H](OCOc1ccc2cc(CO[C@]3(c4ccc(F)cc4)CCCN(Cc4ccccc4)C3)ccc2c1)[Si](C)(C)C. The van der Waals surface area contributed by atoms with E-state index in [9.17, 15) is 4.39 Å². The molecule has 0 unspecified atom stereocenters. The number of rotatable bonds is 11. The van der Waals surface area contributed by atoms with Gasteiger partial charge >= 0.3 is 0 Å². The van der Waals surface area contributed by atoms with Crippen molar-refractivity contribution in [3.05, 3.63) is 114 Å². The molecule has 4 aromatic rings. The molecule has 0 aromatic heterocycles. The second kappa shape index (κ2) is 12.9. The molecule has 1 aliphatic heterocycles. The molecule has 0 aliphatic carbocycles. The van der Waals surface area contributed by atoms with E-state index in [-0.39, 0.29) is 18.3 Å². The molecule has 1 fully saturated rings. The predicted octanol–water partition coefficient (Wildman–Crippen LogP) is 8.31. The molecular formula is C35H42FNO3Si. The minimum absolute atomic E-state index is 0.226. The van der Waals surface area contributed by atoms with Crippen LogP contribution in [0, 0.1) is 5.82 Å². The van der Waals surface area contributed by atoms with E-state index in [0.29, 0.717) is 6.61 Å². The highest BCUT2D eigenvalue weighted by Crippen LogP contribution is 2.37. The number of ether oxygens (including phenoxy) is 3. The van der Waals surface area contributed by atoms with Crippen molar-refractivity contribution < 1.29 is 18.6 Å². The predicted molar refractivity (Wildman–Crippen MR) is 167 cm³/mol. The molecule has 0 amide bonds. The Morgan fingerprint density at radius 1 is 0.878 bits per heavy atom. The Kier molecular flexibility index (Phi) is 9.24. The molecule has 2 atom stereocenters. The minimum Gasteiger partial charge on any atom is -0.468 e. The van der Waals surface area contributed by atoms with Crippen LogP contribution in [0.4, 0.5) is 4.39 Å². The van der Waals surface area contributed by atoms with E-state index in [0.717, 1.165) is 60.1 Å². The summed E-state index contributed by atoms with van der Waals surface area (Å²) in [4.78, 5) is 2.46. The van der Waals surface area contributed by atoms with E-state index < -0.39 is 13.7 Å². The van der Waals surface area contributed by atoms with Gasteiger partial charge in [0.1, 0.15) is 17.2 Å². The highest BCUT2D eigenvalue weighted by Gasteiger charge is 2.38. The van der Waals surface area contributed by atoms with Crippen molar-refractivity contribution >= 4 is 18.8 Å². The third kappa shape index (κ3) is 7.63. The van der Waals surface area contributed by atoms with Gasteiger partial charge in [-0.15, -0.1) is 0 Å². The number of nitrogens with zero attached hydrogens (tertiary/aromatic N) is 1. The van der Waals surface area contributed by atoms with Crippen molar-refractivity contribution in [2.75, 3.05) is 19.9 Å². The lowest BCUT2D eigenvalue weighted by atomic mass is 9.85. The van der Waals surface area contributed by atoms with Gasteiger partial charge in [0, 0.05) is 18.8 Å². The summed E-state index contributed by atoms with van der Waals surface area (Å²) < 4.78 is 32.5. The third-order valence-corrected chi connectivity index (χ3v) is 10.9. The van der Waals surface area contributed by atoms with Crippen LogP contribution in [-0.4, -0.2) is 38.6 Å². The lowest BCUT2D eigenvalue weighted by Crippen LogP contribution is -2.47. The summed E-state index contributed by atoms with van der Waals surface area (Å²) in [6, 6.07) is 30.0. The zero-order chi connectivity index (χ0) is 28.9. The Balaban J connectivity index is 1.29. The molecule has 216 valence electrons. The summed E-state index contributed by atoms with van der Waals surface area (Å²) in [7, 11) is -1.35. The van der Waals surface area contributed by atoms with E-state index in [2.05, 4.69) is 86.1 Å². The highest BCUT2D eigenvalue weighted by molar-refractivity contribution is 6.77. The standard InChI is InChI=1S/C35H42FNO3Si/c1-27(41(2,3)4)38-26-39-34-18-13-30-21-29(11-12-31(30)22-34)24-40-35(32-14-16-33(36)17-15-32)19-8-20-37(25-35)23-28-9-6-5-7-10-28/h5-7,9-18,21-22,27H,8,19-20,23-26H2,1-4H3/t27-,35+/m0/s1. The number of fused-ring (bicyclic) bond motifs is 1. The molecule has 0 bridgehead atoms. The molecule has 1 aliphatic rings. The summed E-state index contributed by atoms with van der Waals surface area (Å²) in [5.41, 5.74) is 3.17. The molecule has 41 heavy (non-hydrogen) atoms. The second-order valence-corrected chi connectivity index (χ2v) is 17.9. The van der Waals surface area contributed by atoms with Gasteiger partial charge in [-0.25, -0.2) is 4.39 Å². The van der Waals surface area contributed by atoms with Crippen LogP contribution in [-0.2, 0) is 28.2 Å². The number of hydrogen-bond acceptors (Lipinski definition) is 4. The quantitative estimate of drug-likeness (QED) is 0.134. The largest absolute Gasteiger partial charge is 0.468 e. The molecule has 4 aromatic carbocycles. The maximum Gasteiger partial charge on any atom is 0.188 e. The summed E-state index contributed by atoms with van der Waals surface area (Å²) in [6.45, 7) is 12.4. The first kappa shape index (κ1) is 29.5. The average molecular weight is 572 g/mol. The maximum absolute atomic E-state index is 13.9. The molecule has 0 saturated carbocycles. The van der Waals surface area contributed by atoms with Crippen molar-refractivity contribution in [1.29, 1.82) is 0 Å². The van der Waals surface area contributed by atoms with Crippen molar-refractivity contribution in [3.63, 3.8) is 0 Å². The van der Waals surface area contributed by atoms with Gasteiger partial charge < -0.3 is 14.2 Å². The van der Waals surface area contributed by atoms with Crippen LogP contribution in [0.3, 0.4) is 0 Å². The highest BCUT2D eigenvalue weighted by atomic mass is 28.3. The molecular weight excluding hydrogens is 529 g/mol. The van der Waals surface area contributed by atoms with Gasteiger partial charge in [0.05, 0.1) is 14.7 Å².